The van der Waals surface area contributed by atoms with Gasteiger partial charge in [0.15, 0.2) is 0 Å². The first kappa shape index (κ1) is 17.8. The molecular formula is C20H24N2O2S. The van der Waals surface area contributed by atoms with Crippen LogP contribution in [0.1, 0.15) is 40.2 Å². The highest BCUT2D eigenvalue weighted by Gasteiger charge is 2.25. The molecule has 0 atom stereocenters. The van der Waals surface area contributed by atoms with Crippen LogP contribution >= 0.6 is 11.8 Å². The standard InChI is InChI=1S/C20H24N2O2S/c1-25-19-11-17(10-18(23)12-19)20(24)22-7-5-15(6-8-22)16-4-2-3-14(9-16)13-21/h2-4,9-12,15,23H,5-8,13,21H2,1H3. The largest absolute Gasteiger partial charge is 0.508 e. The van der Waals surface area contributed by atoms with Crippen LogP contribution in [0.15, 0.2) is 47.4 Å². The maximum absolute atomic E-state index is 12.8. The molecule has 0 aromatic heterocycles. The number of likely N-dealkylation sites (tertiary alicyclic amines) is 1. The van der Waals surface area contributed by atoms with Crippen LogP contribution in [0.5, 0.6) is 5.75 Å². The molecule has 1 saturated heterocycles. The second-order valence-electron chi connectivity index (χ2n) is 6.44. The van der Waals surface area contributed by atoms with Crippen LogP contribution in [0.2, 0.25) is 0 Å². The molecule has 1 heterocycles. The van der Waals surface area contributed by atoms with Gasteiger partial charge in [-0.2, -0.15) is 0 Å². The predicted octanol–water partition coefficient (Wildman–Crippen LogP) is 3.59. The van der Waals surface area contributed by atoms with Crippen molar-refractivity contribution in [2.45, 2.75) is 30.2 Å². The first-order valence-electron chi connectivity index (χ1n) is 8.57. The fourth-order valence-corrected chi connectivity index (χ4v) is 3.88. The van der Waals surface area contributed by atoms with E-state index in [9.17, 15) is 9.90 Å². The van der Waals surface area contributed by atoms with E-state index in [1.54, 1.807) is 12.1 Å². The molecule has 3 rings (SSSR count). The van der Waals surface area contributed by atoms with Gasteiger partial charge in [-0.1, -0.05) is 24.3 Å². The summed E-state index contributed by atoms with van der Waals surface area (Å²) in [6.07, 6.45) is 3.84. The number of nitrogens with zero attached hydrogens (tertiary/aromatic N) is 1. The van der Waals surface area contributed by atoms with E-state index in [2.05, 4.69) is 18.2 Å². The molecule has 3 N–H and O–H groups in total. The number of hydrogen-bond acceptors (Lipinski definition) is 4. The molecule has 0 saturated carbocycles. The van der Waals surface area contributed by atoms with Crippen molar-refractivity contribution in [2.24, 2.45) is 5.73 Å². The Morgan fingerprint density at radius 1 is 1.24 bits per heavy atom. The van der Waals surface area contributed by atoms with Crippen molar-refractivity contribution in [3.8, 4) is 5.75 Å². The average Bonchev–Trinajstić information content (AvgIpc) is 2.67. The van der Waals surface area contributed by atoms with E-state index < -0.39 is 0 Å². The lowest BCUT2D eigenvalue weighted by atomic mass is 9.88. The van der Waals surface area contributed by atoms with Gasteiger partial charge in [0.2, 0.25) is 0 Å². The third-order valence-corrected chi connectivity index (χ3v) is 5.52. The molecule has 5 heteroatoms. The minimum absolute atomic E-state index is 0.000332. The smallest absolute Gasteiger partial charge is 0.254 e. The Balaban J connectivity index is 1.67. The molecule has 0 spiro atoms. The van der Waals surface area contributed by atoms with Gasteiger partial charge in [-0.25, -0.2) is 0 Å². The molecule has 0 radical (unpaired) electrons. The highest BCUT2D eigenvalue weighted by Crippen LogP contribution is 2.30. The Kier molecular flexibility index (Phi) is 5.66. The summed E-state index contributed by atoms with van der Waals surface area (Å²) >= 11 is 1.52. The maximum Gasteiger partial charge on any atom is 0.254 e. The number of aromatic hydroxyl groups is 1. The number of amides is 1. The van der Waals surface area contributed by atoms with Crippen molar-refractivity contribution in [3.05, 3.63) is 59.2 Å². The zero-order valence-electron chi connectivity index (χ0n) is 14.4. The first-order chi connectivity index (χ1) is 12.1. The van der Waals surface area contributed by atoms with Gasteiger partial charge in [-0.05, 0) is 54.3 Å². The summed E-state index contributed by atoms with van der Waals surface area (Å²) in [6, 6.07) is 13.5. The fourth-order valence-electron chi connectivity index (χ4n) is 3.40. The average molecular weight is 356 g/mol. The number of phenolic OH excluding ortho intramolecular Hbond substituents is 1. The summed E-state index contributed by atoms with van der Waals surface area (Å²) in [5.41, 5.74) is 8.77. The highest BCUT2D eigenvalue weighted by molar-refractivity contribution is 7.98. The van der Waals surface area contributed by atoms with Crippen LogP contribution in [-0.4, -0.2) is 35.3 Å². The molecule has 2 aromatic carbocycles. The van der Waals surface area contributed by atoms with Gasteiger partial charge in [-0.3, -0.25) is 4.79 Å². The van der Waals surface area contributed by atoms with Gasteiger partial charge in [0.25, 0.3) is 5.91 Å². The van der Waals surface area contributed by atoms with E-state index in [0.717, 1.165) is 36.4 Å². The van der Waals surface area contributed by atoms with Crippen molar-refractivity contribution in [2.75, 3.05) is 19.3 Å². The van der Waals surface area contributed by atoms with Gasteiger partial charge in [0, 0.05) is 30.1 Å². The molecule has 132 valence electrons. The summed E-state index contributed by atoms with van der Waals surface area (Å²) < 4.78 is 0. The minimum Gasteiger partial charge on any atom is -0.508 e. The number of rotatable bonds is 4. The topological polar surface area (TPSA) is 66.6 Å². The third-order valence-electron chi connectivity index (χ3n) is 4.81. The van der Waals surface area contributed by atoms with Gasteiger partial charge in [0.1, 0.15) is 5.75 Å². The van der Waals surface area contributed by atoms with Crippen molar-refractivity contribution in [3.63, 3.8) is 0 Å². The Labute approximate surface area is 153 Å². The Morgan fingerprint density at radius 2 is 2.00 bits per heavy atom. The summed E-state index contributed by atoms with van der Waals surface area (Å²) in [5.74, 6) is 0.616. The summed E-state index contributed by atoms with van der Waals surface area (Å²) in [5, 5.41) is 9.82. The normalized spacial score (nSPS) is 15.4. The van der Waals surface area contributed by atoms with E-state index in [1.165, 1.54) is 17.3 Å². The van der Waals surface area contributed by atoms with Crippen molar-refractivity contribution in [1.82, 2.24) is 4.90 Å². The van der Waals surface area contributed by atoms with E-state index in [0.29, 0.717) is 18.0 Å². The van der Waals surface area contributed by atoms with Gasteiger partial charge < -0.3 is 15.7 Å². The van der Waals surface area contributed by atoms with E-state index in [1.807, 2.05) is 23.3 Å². The van der Waals surface area contributed by atoms with E-state index in [4.69, 9.17) is 5.73 Å². The van der Waals surface area contributed by atoms with Gasteiger partial charge in [-0.15, -0.1) is 11.8 Å². The molecule has 1 amide bonds. The number of hydrogen-bond donors (Lipinski definition) is 2. The monoisotopic (exact) mass is 356 g/mol. The van der Waals surface area contributed by atoms with Crippen LogP contribution in [0, 0.1) is 0 Å². The van der Waals surface area contributed by atoms with Crippen LogP contribution in [0.4, 0.5) is 0 Å². The lowest BCUT2D eigenvalue weighted by Gasteiger charge is -2.32. The third kappa shape index (κ3) is 4.17. The van der Waals surface area contributed by atoms with Gasteiger partial charge >= 0.3 is 0 Å². The number of nitrogens with two attached hydrogens (primary N) is 1. The lowest BCUT2D eigenvalue weighted by molar-refractivity contribution is 0.0712. The Morgan fingerprint density at radius 3 is 2.68 bits per heavy atom. The van der Waals surface area contributed by atoms with Crippen LogP contribution in [-0.2, 0) is 6.54 Å². The fraction of sp³-hybridized carbons (Fsp3) is 0.350. The zero-order chi connectivity index (χ0) is 17.8. The van der Waals surface area contributed by atoms with Crippen LogP contribution in [0.25, 0.3) is 0 Å². The molecule has 1 fully saturated rings. The summed E-state index contributed by atoms with van der Waals surface area (Å²) in [6.45, 7) is 2.03. The van der Waals surface area contributed by atoms with Crippen molar-refractivity contribution < 1.29 is 9.90 Å². The summed E-state index contributed by atoms with van der Waals surface area (Å²) in [4.78, 5) is 15.5. The zero-order valence-corrected chi connectivity index (χ0v) is 15.3. The molecule has 0 unspecified atom stereocenters. The molecular weight excluding hydrogens is 332 g/mol. The number of thioether (sulfide) groups is 1. The summed E-state index contributed by atoms with van der Waals surface area (Å²) in [7, 11) is 0. The minimum atomic E-state index is 0.000332. The predicted molar refractivity (Wildman–Crippen MR) is 102 cm³/mol. The quantitative estimate of drug-likeness (QED) is 0.822. The van der Waals surface area contributed by atoms with Crippen LogP contribution in [0.3, 0.4) is 0 Å². The SMILES string of the molecule is CSc1cc(O)cc(C(=O)N2CCC(c3cccc(CN)c3)CC2)c1. The molecule has 1 aliphatic heterocycles. The Bertz CT molecular complexity index is 755. The number of phenols is 1. The molecule has 0 bridgehead atoms. The maximum atomic E-state index is 12.8. The molecule has 4 nitrogen and oxygen atoms in total. The molecule has 25 heavy (non-hydrogen) atoms. The molecule has 2 aromatic rings. The van der Waals surface area contributed by atoms with Crippen molar-refractivity contribution >= 4 is 17.7 Å². The number of piperidine rings is 1. The van der Waals surface area contributed by atoms with E-state index >= 15 is 0 Å². The van der Waals surface area contributed by atoms with E-state index in [-0.39, 0.29) is 11.7 Å². The second-order valence-corrected chi connectivity index (χ2v) is 7.32. The molecule has 0 aliphatic carbocycles. The Hall–Kier alpha value is -1.98. The molecule has 1 aliphatic rings. The highest BCUT2D eigenvalue weighted by atomic mass is 32.2. The number of benzene rings is 2. The lowest BCUT2D eigenvalue weighted by Crippen LogP contribution is -2.37. The van der Waals surface area contributed by atoms with Gasteiger partial charge in [0.05, 0.1) is 0 Å². The number of carbonyl (C=O) groups excluding carboxylic acids is 1. The number of carbonyl (C=O) groups is 1. The second kappa shape index (κ2) is 7.93. The van der Waals surface area contributed by atoms with Crippen LogP contribution < -0.4 is 5.73 Å². The van der Waals surface area contributed by atoms with Crippen molar-refractivity contribution in [1.29, 1.82) is 0 Å². The first-order valence-corrected chi connectivity index (χ1v) is 9.79.